The summed E-state index contributed by atoms with van der Waals surface area (Å²) in [6.07, 6.45) is 3.20. The number of aromatic nitrogens is 2. The van der Waals surface area contributed by atoms with E-state index in [1.165, 1.54) is 0 Å². The van der Waals surface area contributed by atoms with Gasteiger partial charge in [0.2, 0.25) is 0 Å². The highest BCUT2D eigenvalue weighted by Crippen LogP contribution is 2.29. The van der Waals surface area contributed by atoms with Gasteiger partial charge in [0.1, 0.15) is 5.69 Å². The number of aliphatic carboxylic acids is 1. The Labute approximate surface area is 175 Å². The van der Waals surface area contributed by atoms with Crippen LogP contribution >= 0.6 is 0 Å². The van der Waals surface area contributed by atoms with Crippen LogP contribution < -0.4 is 0 Å². The molecule has 2 aromatic carbocycles. The summed E-state index contributed by atoms with van der Waals surface area (Å²) in [6, 6.07) is 19.4. The quantitative estimate of drug-likeness (QED) is 0.696. The predicted octanol–water partition coefficient (Wildman–Crippen LogP) is 4.11. The van der Waals surface area contributed by atoms with Gasteiger partial charge in [0.15, 0.2) is 0 Å². The fraction of sp³-hybridized carbons (Fsp3) is 0.292. The van der Waals surface area contributed by atoms with Crippen molar-refractivity contribution in [1.29, 1.82) is 0 Å². The summed E-state index contributed by atoms with van der Waals surface area (Å²) in [5.41, 5.74) is 3.01. The van der Waals surface area contributed by atoms with Crippen LogP contribution in [0.4, 0.5) is 0 Å². The van der Waals surface area contributed by atoms with E-state index >= 15 is 0 Å². The maximum Gasteiger partial charge on any atom is 0.306 e. The molecule has 1 unspecified atom stereocenters. The Morgan fingerprint density at radius 1 is 1.00 bits per heavy atom. The maximum atomic E-state index is 13.4. The van der Waals surface area contributed by atoms with Gasteiger partial charge in [0.05, 0.1) is 17.2 Å². The van der Waals surface area contributed by atoms with E-state index in [1.54, 1.807) is 17.8 Å². The Morgan fingerprint density at radius 3 is 2.20 bits per heavy atom. The number of para-hydroxylation sites is 1. The van der Waals surface area contributed by atoms with Crippen molar-refractivity contribution in [3.63, 3.8) is 0 Å². The van der Waals surface area contributed by atoms with Crippen LogP contribution in [0.3, 0.4) is 0 Å². The Hall–Kier alpha value is -3.41. The van der Waals surface area contributed by atoms with Gasteiger partial charge in [0.25, 0.3) is 5.91 Å². The molecule has 2 heterocycles. The molecule has 4 rings (SSSR count). The maximum absolute atomic E-state index is 13.4. The molecule has 30 heavy (non-hydrogen) atoms. The van der Waals surface area contributed by atoms with Gasteiger partial charge in [-0.2, -0.15) is 5.10 Å². The summed E-state index contributed by atoms with van der Waals surface area (Å²) in [6.45, 7) is 2.87. The molecule has 0 aliphatic carbocycles. The monoisotopic (exact) mass is 403 g/mol. The molecule has 1 atom stereocenters. The lowest BCUT2D eigenvalue weighted by Crippen LogP contribution is -2.40. The topological polar surface area (TPSA) is 75.4 Å². The van der Waals surface area contributed by atoms with Crippen molar-refractivity contribution in [2.45, 2.75) is 19.8 Å². The van der Waals surface area contributed by atoms with E-state index in [9.17, 15) is 14.7 Å². The normalized spacial score (nSPS) is 15.7. The number of likely N-dealkylation sites (tertiary alicyclic amines) is 1. The molecule has 1 N–H and O–H groups in total. The number of nitrogens with zero attached hydrogens (tertiary/aromatic N) is 3. The summed E-state index contributed by atoms with van der Waals surface area (Å²) in [4.78, 5) is 26.5. The molecule has 3 aromatic rings. The van der Waals surface area contributed by atoms with Crippen molar-refractivity contribution in [1.82, 2.24) is 14.7 Å². The third-order valence-electron chi connectivity index (χ3n) is 5.94. The Morgan fingerprint density at radius 2 is 1.60 bits per heavy atom. The molecule has 0 radical (unpaired) electrons. The van der Waals surface area contributed by atoms with E-state index in [0.29, 0.717) is 37.2 Å². The number of carbonyl (C=O) groups excluding carboxylic acids is 1. The molecular weight excluding hydrogens is 378 g/mol. The first-order valence-corrected chi connectivity index (χ1v) is 10.3. The zero-order valence-corrected chi connectivity index (χ0v) is 16.9. The Bertz CT molecular complexity index is 1020. The highest BCUT2D eigenvalue weighted by atomic mass is 16.4. The first-order chi connectivity index (χ1) is 14.5. The second-order valence-corrected chi connectivity index (χ2v) is 7.79. The minimum absolute atomic E-state index is 0.0579. The Balaban J connectivity index is 1.62. The van der Waals surface area contributed by atoms with Gasteiger partial charge in [-0.1, -0.05) is 55.5 Å². The Kier molecular flexibility index (Phi) is 5.65. The first-order valence-electron chi connectivity index (χ1n) is 10.3. The molecule has 1 saturated heterocycles. The van der Waals surface area contributed by atoms with Crippen molar-refractivity contribution in [3.8, 4) is 16.9 Å². The standard InChI is InChI=1S/C24H25N3O3/c1-17(24(29)30)18-12-14-26(15-13-18)23(28)21-16-27(20-10-6-3-7-11-20)25-22(21)19-8-4-2-5-9-19/h2-11,16-18H,12-15H2,1H3,(H,29,30). The van der Waals surface area contributed by atoms with Crippen LogP contribution in [0, 0.1) is 11.8 Å². The number of hydrogen-bond acceptors (Lipinski definition) is 3. The van der Waals surface area contributed by atoms with Gasteiger partial charge < -0.3 is 10.0 Å². The number of amides is 1. The van der Waals surface area contributed by atoms with Crippen LogP contribution in [0.15, 0.2) is 66.9 Å². The van der Waals surface area contributed by atoms with Crippen molar-refractivity contribution < 1.29 is 14.7 Å². The molecule has 0 spiro atoms. The molecule has 6 nitrogen and oxygen atoms in total. The number of hydrogen-bond donors (Lipinski definition) is 1. The van der Waals surface area contributed by atoms with E-state index in [0.717, 1.165) is 11.3 Å². The van der Waals surface area contributed by atoms with Crippen LogP contribution in [0.25, 0.3) is 16.9 Å². The molecule has 0 saturated carbocycles. The van der Waals surface area contributed by atoms with Gasteiger partial charge in [-0.3, -0.25) is 9.59 Å². The van der Waals surface area contributed by atoms with Gasteiger partial charge in [-0.15, -0.1) is 0 Å². The van der Waals surface area contributed by atoms with Gasteiger partial charge in [-0.05, 0) is 30.9 Å². The number of carboxylic acids is 1. The molecule has 6 heteroatoms. The van der Waals surface area contributed by atoms with E-state index in [1.807, 2.05) is 65.6 Å². The van der Waals surface area contributed by atoms with E-state index in [2.05, 4.69) is 0 Å². The van der Waals surface area contributed by atoms with Gasteiger partial charge in [-0.25, -0.2) is 4.68 Å². The van der Waals surface area contributed by atoms with Gasteiger partial charge in [0, 0.05) is 24.8 Å². The average Bonchev–Trinajstić information content (AvgIpc) is 3.25. The molecule has 1 aliphatic rings. The molecule has 1 amide bonds. The molecule has 154 valence electrons. The SMILES string of the molecule is CC(C(=O)O)C1CCN(C(=O)c2cn(-c3ccccc3)nc2-c2ccccc2)CC1. The average molecular weight is 403 g/mol. The van der Waals surface area contributed by atoms with Crippen molar-refractivity contribution in [3.05, 3.63) is 72.4 Å². The van der Waals surface area contributed by atoms with Crippen LogP contribution in [0.5, 0.6) is 0 Å². The molecule has 1 aliphatic heterocycles. The number of benzene rings is 2. The highest BCUT2D eigenvalue weighted by molar-refractivity contribution is 6.00. The minimum Gasteiger partial charge on any atom is -0.481 e. The second-order valence-electron chi connectivity index (χ2n) is 7.79. The van der Waals surface area contributed by atoms with E-state index in [-0.39, 0.29) is 17.7 Å². The lowest BCUT2D eigenvalue weighted by Gasteiger charge is -2.33. The van der Waals surface area contributed by atoms with Crippen LogP contribution in [0.1, 0.15) is 30.1 Å². The largest absolute Gasteiger partial charge is 0.481 e. The summed E-state index contributed by atoms with van der Waals surface area (Å²) in [7, 11) is 0. The first kappa shape index (κ1) is 19.9. The zero-order chi connectivity index (χ0) is 21.1. The van der Waals surface area contributed by atoms with Crippen LogP contribution in [-0.4, -0.2) is 44.8 Å². The number of carboxylic acid groups (broad SMARTS) is 1. The molecule has 0 bridgehead atoms. The fourth-order valence-corrected chi connectivity index (χ4v) is 4.03. The molecule has 1 fully saturated rings. The van der Waals surface area contributed by atoms with Crippen LogP contribution in [-0.2, 0) is 4.79 Å². The van der Waals surface area contributed by atoms with Crippen molar-refractivity contribution >= 4 is 11.9 Å². The third-order valence-corrected chi connectivity index (χ3v) is 5.94. The fourth-order valence-electron chi connectivity index (χ4n) is 4.03. The number of carbonyl (C=O) groups is 2. The predicted molar refractivity (Wildman–Crippen MR) is 114 cm³/mol. The van der Waals surface area contributed by atoms with E-state index in [4.69, 9.17) is 5.10 Å². The number of rotatable bonds is 5. The summed E-state index contributed by atoms with van der Waals surface area (Å²) in [5, 5.41) is 14.0. The van der Waals surface area contributed by atoms with Crippen molar-refractivity contribution in [2.24, 2.45) is 11.8 Å². The summed E-state index contributed by atoms with van der Waals surface area (Å²) in [5.74, 6) is -1.11. The second kappa shape index (κ2) is 8.53. The lowest BCUT2D eigenvalue weighted by atomic mass is 9.85. The van der Waals surface area contributed by atoms with Crippen molar-refractivity contribution in [2.75, 3.05) is 13.1 Å². The minimum atomic E-state index is -0.768. The number of piperidine rings is 1. The third kappa shape index (κ3) is 3.99. The highest BCUT2D eigenvalue weighted by Gasteiger charge is 2.31. The zero-order valence-electron chi connectivity index (χ0n) is 16.9. The molecular formula is C24H25N3O3. The van der Waals surface area contributed by atoms with Crippen LogP contribution in [0.2, 0.25) is 0 Å². The summed E-state index contributed by atoms with van der Waals surface area (Å²) < 4.78 is 1.74. The summed E-state index contributed by atoms with van der Waals surface area (Å²) >= 11 is 0. The van der Waals surface area contributed by atoms with Gasteiger partial charge >= 0.3 is 5.97 Å². The molecule has 1 aromatic heterocycles. The smallest absolute Gasteiger partial charge is 0.306 e. The lowest BCUT2D eigenvalue weighted by molar-refractivity contribution is -0.143. The van der Waals surface area contributed by atoms with E-state index < -0.39 is 5.97 Å².